The predicted octanol–water partition coefficient (Wildman–Crippen LogP) is 7.70. The lowest BCUT2D eigenvalue weighted by atomic mass is 10.0. The Morgan fingerprint density at radius 1 is 0.632 bits per heavy atom. The summed E-state index contributed by atoms with van der Waals surface area (Å²) in [7, 11) is 0. The van der Waals surface area contributed by atoms with Crippen LogP contribution in [0.25, 0.3) is 0 Å². The Morgan fingerprint density at radius 3 is 1.66 bits per heavy atom. The van der Waals surface area contributed by atoms with Gasteiger partial charge in [-0.15, -0.1) is 0 Å². The zero-order valence-electron chi connectivity index (χ0n) is 24.8. The van der Waals surface area contributed by atoms with Crippen molar-refractivity contribution >= 4 is 5.91 Å². The van der Waals surface area contributed by atoms with Crippen LogP contribution in [-0.2, 0) is 4.79 Å². The molecule has 0 radical (unpaired) electrons. The second kappa shape index (κ2) is 28.6. The molecule has 0 spiro atoms. The van der Waals surface area contributed by atoms with E-state index in [1.165, 1.54) is 51.4 Å². The Hall–Kier alpha value is -1.43. The molecule has 0 bridgehead atoms. The van der Waals surface area contributed by atoms with E-state index in [-0.39, 0.29) is 12.5 Å². The van der Waals surface area contributed by atoms with Gasteiger partial charge in [0, 0.05) is 6.42 Å². The zero-order chi connectivity index (χ0) is 28.1. The summed E-state index contributed by atoms with van der Waals surface area (Å²) in [4.78, 5) is 12.2. The van der Waals surface area contributed by atoms with Crippen molar-refractivity contribution in [2.75, 3.05) is 6.61 Å². The monoisotopic (exact) mass is 535 g/mol. The molecule has 4 N–H and O–H groups in total. The number of allylic oxidation sites excluding steroid dienone is 6. The SMILES string of the molecule is CCCC/C=C\CCCCCCC(=O)NC(CO)C(O)C(O)CCC/C=C/CC/C=C/CCCCCCC. The Balaban J connectivity index is 3.87. The highest BCUT2D eigenvalue weighted by Gasteiger charge is 2.26. The van der Waals surface area contributed by atoms with Crippen LogP contribution in [0.2, 0.25) is 0 Å². The van der Waals surface area contributed by atoms with Crippen LogP contribution < -0.4 is 5.32 Å². The lowest BCUT2D eigenvalue weighted by Crippen LogP contribution is -2.50. The molecule has 0 heterocycles. The molecule has 3 atom stereocenters. The largest absolute Gasteiger partial charge is 0.394 e. The minimum atomic E-state index is -1.17. The second-order valence-corrected chi connectivity index (χ2v) is 10.6. The van der Waals surface area contributed by atoms with Crippen LogP contribution in [0.1, 0.15) is 142 Å². The topological polar surface area (TPSA) is 89.8 Å². The average molecular weight is 536 g/mol. The lowest BCUT2D eigenvalue weighted by Gasteiger charge is -2.26. The van der Waals surface area contributed by atoms with Gasteiger partial charge in [0.25, 0.3) is 0 Å². The van der Waals surface area contributed by atoms with E-state index in [1.807, 2.05) is 0 Å². The van der Waals surface area contributed by atoms with Gasteiger partial charge in [0.15, 0.2) is 0 Å². The average Bonchev–Trinajstić information content (AvgIpc) is 2.92. The van der Waals surface area contributed by atoms with E-state index in [0.29, 0.717) is 12.8 Å². The number of rotatable bonds is 27. The number of hydrogen-bond donors (Lipinski definition) is 4. The first-order valence-corrected chi connectivity index (χ1v) is 15.8. The number of aliphatic hydroxyl groups excluding tert-OH is 3. The lowest BCUT2D eigenvalue weighted by molar-refractivity contribution is -0.124. The summed E-state index contributed by atoms with van der Waals surface area (Å²) in [5.41, 5.74) is 0. The fourth-order valence-electron chi connectivity index (χ4n) is 4.39. The summed E-state index contributed by atoms with van der Waals surface area (Å²) < 4.78 is 0. The van der Waals surface area contributed by atoms with E-state index < -0.39 is 18.2 Å². The maximum atomic E-state index is 12.2. The van der Waals surface area contributed by atoms with E-state index in [9.17, 15) is 20.1 Å². The third-order valence-electron chi connectivity index (χ3n) is 6.94. The molecule has 0 fully saturated rings. The molecule has 1 amide bonds. The van der Waals surface area contributed by atoms with Crippen molar-refractivity contribution in [3.63, 3.8) is 0 Å². The molecule has 0 aliphatic carbocycles. The van der Waals surface area contributed by atoms with E-state index in [0.717, 1.165) is 64.2 Å². The summed E-state index contributed by atoms with van der Waals surface area (Å²) in [5.74, 6) is -0.178. The van der Waals surface area contributed by atoms with Gasteiger partial charge in [0.05, 0.1) is 18.8 Å². The molecule has 0 aromatic carbocycles. The van der Waals surface area contributed by atoms with Gasteiger partial charge in [0.1, 0.15) is 6.10 Å². The maximum absolute atomic E-state index is 12.2. The van der Waals surface area contributed by atoms with E-state index >= 15 is 0 Å². The van der Waals surface area contributed by atoms with Crippen LogP contribution in [-0.4, -0.2) is 46.1 Å². The van der Waals surface area contributed by atoms with Crippen LogP contribution in [0, 0.1) is 0 Å². The Kier molecular flexibility index (Phi) is 27.5. The van der Waals surface area contributed by atoms with Gasteiger partial charge in [-0.1, -0.05) is 102 Å². The van der Waals surface area contributed by atoms with Crippen molar-refractivity contribution in [2.45, 2.75) is 161 Å². The summed E-state index contributed by atoms with van der Waals surface area (Å²) in [6, 6.07) is -0.834. The van der Waals surface area contributed by atoms with Gasteiger partial charge in [-0.25, -0.2) is 0 Å². The van der Waals surface area contributed by atoms with Gasteiger partial charge >= 0.3 is 0 Å². The Labute approximate surface area is 234 Å². The maximum Gasteiger partial charge on any atom is 0.220 e. The molecule has 0 aliphatic rings. The quantitative estimate of drug-likeness (QED) is 0.0641. The first kappa shape index (κ1) is 36.6. The highest BCUT2D eigenvalue weighted by atomic mass is 16.3. The number of aliphatic hydroxyl groups is 3. The van der Waals surface area contributed by atoms with Crippen molar-refractivity contribution < 1.29 is 20.1 Å². The van der Waals surface area contributed by atoms with Crippen molar-refractivity contribution in [3.8, 4) is 0 Å². The summed E-state index contributed by atoms with van der Waals surface area (Å²) in [5, 5.41) is 33.1. The smallest absolute Gasteiger partial charge is 0.220 e. The Morgan fingerprint density at radius 2 is 1.11 bits per heavy atom. The summed E-state index contributed by atoms with van der Waals surface area (Å²) in [6.45, 7) is 4.06. The molecule has 38 heavy (non-hydrogen) atoms. The molecule has 0 aromatic rings. The summed E-state index contributed by atoms with van der Waals surface area (Å²) in [6.07, 6.45) is 32.3. The summed E-state index contributed by atoms with van der Waals surface area (Å²) >= 11 is 0. The molecule has 5 nitrogen and oxygen atoms in total. The number of hydrogen-bond acceptors (Lipinski definition) is 4. The second-order valence-electron chi connectivity index (χ2n) is 10.6. The highest BCUT2D eigenvalue weighted by Crippen LogP contribution is 2.11. The molecule has 5 heteroatoms. The van der Waals surface area contributed by atoms with Crippen molar-refractivity contribution in [3.05, 3.63) is 36.5 Å². The number of unbranched alkanes of at least 4 members (excludes halogenated alkanes) is 13. The number of nitrogens with one attached hydrogen (secondary N) is 1. The van der Waals surface area contributed by atoms with Crippen LogP contribution >= 0.6 is 0 Å². The standard InChI is InChI=1S/C33H61NO4/c1-3-5-7-9-11-13-15-16-17-18-19-21-23-25-27-31(36)33(38)30(29-35)34-32(37)28-26-24-22-20-14-12-10-8-6-4-2/h10,12,15-16,19,21,30-31,33,35-36,38H,3-9,11,13-14,17-18,20,22-29H2,1-2H3,(H,34,37)/b12-10-,16-15+,21-19+. The molecular weight excluding hydrogens is 474 g/mol. The van der Waals surface area contributed by atoms with Crippen molar-refractivity contribution in [1.29, 1.82) is 0 Å². The third-order valence-corrected chi connectivity index (χ3v) is 6.94. The molecule has 222 valence electrons. The van der Waals surface area contributed by atoms with E-state index in [2.05, 4.69) is 55.6 Å². The van der Waals surface area contributed by atoms with E-state index in [4.69, 9.17) is 0 Å². The first-order valence-electron chi connectivity index (χ1n) is 15.8. The normalized spacial score (nSPS) is 14.6. The van der Waals surface area contributed by atoms with E-state index in [1.54, 1.807) is 0 Å². The minimum absolute atomic E-state index is 0.178. The number of amides is 1. The molecule has 0 aromatic heterocycles. The zero-order valence-corrected chi connectivity index (χ0v) is 24.8. The molecule has 3 unspecified atom stereocenters. The van der Waals surface area contributed by atoms with Crippen LogP contribution in [0.4, 0.5) is 0 Å². The number of carbonyl (C=O) groups is 1. The van der Waals surface area contributed by atoms with Crippen molar-refractivity contribution in [2.24, 2.45) is 0 Å². The highest BCUT2D eigenvalue weighted by molar-refractivity contribution is 5.76. The first-order chi connectivity index (χ1) is 18.6. The van der Waals surface area contributed by atoms with Crippen LogP contribution in [0.5, 0.6) is 0 Å². The minimum Gasteiger partial charge on any atom is -0.394 e. The van der Waals surface area contributed by atoms with Gasteiger partial charge in [-0.3, -0.25) is 4.79 Å². The fraction of sp³-hybridized carbons (Fsp3) is 0.788. The van der Waals surface area contributed by atoms with Gasteiger partial charge in [-0.05, 0) is 70.6 Å². The molecule has 0 saturated heterocycles. The van der Waals surface area contributed by atoms with Crippen LogP contribution in [0.15, 0.2) is 36.5 Å². The molecule has 0 rings (SSSR count). The fourth-order valence-corrected chi connectivity index (χ4v) is 4.39. The van der Waals surface area contributed by atoms with Gasteiger partial charge < -0.3 is 20.6 Å². The third kappa shape index (κ3) is 23.7. The molecule has 0 aliphatic heterocycles. The number of carbonyl (C=O) groups excluding carboxylic acids is 1. The van der Waals surface area contributed by atoms with Gasteiger partial charge in [-0.2, -0.15) is 0 Å². The van der Waals surface area contributed by atoms with Crippen LogP contribution in [0.3, 0.4) is 0 Å². The Bertz CT molecular complexity index is 602. The molecular formula is C33H61NO4. The van der Waals surface area contributed by atoms with Crippen molar-refractivity contribution in [1.82, 2.24) is 5.32 Å². The van der Waals surface area contributed by atoms with Gasteiger partial charge in [0.2, 0.25) is 5.91 Å². The molecule has 0 saturated carbocycles. The predicted molar refractivity (Wildman–Crippen MR) is 162 cm³/mol.